The Hall–Kier alpha value is -3.14. The van der Waals surface area contributed by atoms with Crippen molar-refractivity contribution in [2.75, 3.05) is 10.6 Å². The van der Waals surface area contributed by atoms with Gasteiger partial charge in [0.15, 0.2) is 0 Å². The summed E-state index contributed by atoms with van der Waals surface area (Å²) in [6.45, 7) is 0. The number of hydrogen-bond acceptors (Lipinski definition) is 3. The van der Waals surface area contributed by atoms with Crippen molar-refractivity contribution in [3.63, 3.8) is 0 Å². The summed E-state index contributed by atoms with van der Waals surface area (Å²) in [6.07, 6.45) is 7.21. The van der Waals surface area contributed by atoms with E-state index in [-0.39, 0.29) is 11.8 Å². The van der Waals surface area contributed by atoms with Crippen molar-refractivity contribution in [2.24, 2.45) is 0 Å². The van der Waals surface area contributed by atoms with Crippen LogP contribution in [0, 0.1) is 0 Å². The molecular formula is C25H27N3O. The van der Waals surface area contributed by atoms with Gasteiger partial charge in [-0.15, -0.1) is 0 Å². The van der Waals surface area contributed by atoms with Crippen LogP contribution in [0.15, 0.2) is 79.0 Å². The summed E-state index contributed by atoms with van der Waals surface area (Å²) in [5.41, 5.74) is 3.29. The minimum Gasteiger partial charge on any atom is -0.381 e. The monoisotopic (exact) mass is 385 g/mol. The lowest BCUT2D eigenvalue weighted by atomic mass is 9.88. The first-order chi connectivity index (χ1) is 14.3. The van der Waals surface area contributed by atoms with E-state index in [1.54, 1.807) is 6.20 Å². The summed E-state index contributed by atoms with van der Waals surface area (Å²) in [4.78, 5) is 17.2. The van der Waals surface area contributed by atoms with Gasteiger partial charge >= 0.3 is 0 Å². The maximum absolute atomic E-state index is 12.8. The van der Waals surface area contributed by atoms with Gasteiger partial charge in [0.1, 0.15) is 5.82 Å². The molecule has 4 rings (SSSR count). The molecule has 2 N–H and O–H groups in total. The van der Waals surface area contributed by atoms with Crippen LogP contribution in [0.3, 0.4) is 0 Å². The van der Waals surface area contributed by atoms with E-state index in [1.807, 2.05) is 48.5 Å². The largest absolute Gasteiger partial charge is 0.381 e. The first-order valence-corrected chi connectivity index (χ1v) is 10.4. The number of carbonyl (C=O) groups is 1. The summed E-state index contributed by atoms with van der Waals surface area (Å²) in [5.74, 6) is 0.569. The molecule has 0 atom stereocenters. The summed E-state index contributed by atoms with van der Waals surface area (Å²) >= 11 is 0. The van der Waals surface area contributed by atoms with Gasteiger partial charge in [0.25, 0.3) is 0 Å². The van der Waals surface area contributed by atoms with Crippen LogP contribution in [0.5, 0.6) is 0 Å². The Morgan fingerprint density at radius 2 is 1.52 bits per heavy atom. The van der Waals surface area contributed by atoms with Crippen molar-refractivity contribution in [3.05, 3.63) is 90.1 Å². The van der Waals surface area contributed by atoms with Crippen LogP contribution in [0.1, 0.15) is 49.1 Å². The third-order valence-corrected chi connectivity index (χ3v) is 5.55. The van der Waals surface area contributed by atoms with Gasteiger partial charge in [0, 0.05) is 18.4 Å². The van der Waals surface area contributed by atoms with E-state index >= 15 is 0 Å². The van der Waals surface area contributed by atoms with Crippen molar-refractivity contribution in [1.82, 2.24) is 4.98 Å². The Morgan fingerprint density at radius 1 is 0.897 bits per heavy atom. The molecule has 0 spiro atoms. The van der Waals surface area contributed by atoms with Gasteiger partial charge in [0.2, 0.25) is 5.91 Å². The molecule has 1 aliphatic rings. The number of pyridine rings is 1. The molecule has 3 aromatic rings. The molecule has 0 saturated heterocycles. The molecule has 0 bridgehead atoms. The predicted molar refractivity (Wildman–Crippen MR) is 118 cm³/mol. The number of nitrogens with zero attached hydrogens (tertiary/aromatic N) is 1. The van der Waals surface area contributed by atoms with Crippen LogP contribution in [0.4, 0.5) is 11.5 Å². The molecule has 0 aliphatic heterocycles. The second-order valence-corrected chi connectivity index (χ2v) is 7.68. The molecule has 0 unspecified atom stereocenters. The summed E-state index contributed by atoms with van der Waals surface area (Å²) in [7, 11) is 0. The fourth-order valence-corrected chi connectivity index (χ4v) is 4.04. The standard InChI is InChI=1S/C25H27N3O/c29-25(28-24-16-15-22(18-26-24)27-21-13-7-8-14-21)17-23(19-9-3-1-4-10-19)20-11-5-2-6-12-20/h1-6,9-12,15-16,18,21,23,27H,7-8,13-14,17H2,(H,26,28,29). The quantitative estimate of drug-likeness (QED) is 0.557. The number of amides is 1. The Labute approximate surface area is 172 Å². The van der Waals surface area contributed by atoms with Crippen LogP contribution >= 0.6 is 0 Å². The van der Waals surface area contributed by atoms with E-state index in [0.29, 0.717) is 18.3 Å². The molecule has 1 heterocycles. The van der Waals surface area contributed by atoms with E-state index in [2.05, 4.69) is 39.9 Å². The molecule has 0 radical (unpaired) electrons. The smallest absolute Gasteiger partial charge is 0.226 e. The molecule has 148 valence electrons. The fourth-order valence-electron chi connectivity index (χ4n) is 4.04. The molecule has 2 aromatic carbocycles. The van der Waals surface area contributed by atoms with E-state index in [9.17, 15) is 4.79 Å². The second kappa shape index (κ2) is 9.37. The minimum atomic E-state index is -0.0355. The fraction of sp³-hybridized carbons (Fsp3) is 0.280. The van der Waals surface area contributed by atoms with Gasteiger partial charge in [-0.25, -0.2) is 4.98 Å². The van der Waals surface area contributed by atoms with Gasteiger partial charge in [-0.2, -0.15) is 0 Å². The number of nitrogens with one attached hydrogen (secondary N) is 2. The number of carbonyl (C=O) groups excluding carboxylic acids is 1. The van der Waals surface area contributed by atoms with Gasteiger partial charge in [0.05, 0.1) is 11.9 Å². The molecule has 1 saturated carbocycles. The molecule has 1 amide bonds. The van der Waals surface area contributed by atoms with Crippen molar-refractivity contribution in [1.29, 1.82) is 0 Å². The van der Waals surface area contributed by atoms with Crippen LogP contribution < -0.4 is 10.6 Å². The number of rotatable bonds is 7. The van der Waals surface area contributed by atoms with Crippen molar-refractivity contribution in [2.45, 2.75) is 44.1 Å². The summed E-state index contributed by atoms with van der Waals surface area (Å²) in [6, 6.07) is 24.8. The average Bonchev–Trinajstić information content (AvgIpc) is 3.28. The molecule has 1 aliphatic carbocycles. The predicted octanol–water partition coefficient (Wildman–Crippen LogP) is 5.60. The Morgan fingerprint density at radius 3 is 2.07 bits per heavy atom. The highest BCUT2D eigenvalue weighted by Crippen LogP contribution is 2.28. The zero-order chi connectivity index (χ0) is 19.9. The maximum atomic E-state index is 12.8. The molecule has 1 fully saturated rings. The summed E-state index contributed by atoms with van der Waals surface area (Å²) < 4.78 is 0. The Balaban J connectivity index is 1.41. The van der Waals surface area contributed by atoms with Gasteiger partial charge in [-0.1, -0.05) is 73.5 Å². The number of benzene rings is 2. The van der Waals surface area contributed by atoms with Gasteiger partial charge in [-0.05, 0) is 36.1 Å². The Kier molecular flexibility index (Phi) is 6.20. The lowest BCUT2D eigenvalue weighted by molar-refractivity contribution is -0.116. The molecule has 4 nitrogen and oxygen atoms in total. The lowest BCUT2D eigenvalue weighted by Gasteiger charge is -2.18. The highest BCUT2D eigenvalue weighted by molar-refractivity contribution is 5.90. The molecule has 4 heteroatoms. The van der Waals surface area contributed by atoms with Crippen molar-refractivity contribution in [3.8, 4) is 0 Å². The normalized spacial score (nSPS) is 14.1. The van der Waals surface area contributed by atoms with Crippen LogP contribution in [-0.2, 0) is 4.79 Å². The molecule has 29 heavy (non-hydrogen) atoms. The van der Waals surface area contributed by atoms with Crippen LogP contribution in [-0.4, -0.2) is 16.9 Å². The van der Waals surface area contributed by atoms with E-state index in [0.717, 1.165) is 16.8 Å². The number of anilines is 2. The first-order valence-electron chi connectivity index (χ1n) is 10.4. The number of hydrogen-bond donors (Lipinski definition) is 2. The van der Waals surface area contributed by atoms with Gasteiger partial charge < -0.3 is 10.6 Å². The van der Waals surface area contributed by atoms with E-state index in [4.69, 9.17) is 0 Å². The maximum Gasteiger partial charge on any atom is 0.226 e. The van der Waals surface area contributed by atoms with Crippen molar-refractivity contribution >= 4 is 17.4 Å². The highest BCUT2D eigenvalue weighted by Gasteiger charge is 2.19. The zero-order valence-electron chi connectivity index (χ0n) is 16.6. The highest BCUT2D eigenvalue weighted by atomic mass is 16.1. The van der Waals surface area contributed by atoms with E-state index in [1.165, 1.54) is 25.7 Å². The molecule has 1 aromatic heterocycles. The number of aromatic nitrogens is 1. The first kappa shape index (κ1) is 19.2. The average molecular weight is 386 g/mol. The zero-order valence-corrected chi connectivity index (χ0v) is 16.6. The minimum absolute atomic E-state index is 0.0145. The summed E-state index contributed by atoms with van der Waals surface area (Å²) in [5, 5.41) is 6.48. The van der Waals surface area contributed by atoms with E-state index < -0.39 is 0 Å². The topological polar surface area (TPSA) is 54.0 Å². The SMILES string of the molecule is O=C(CC(c1ccccc1)c1ccccc1)Nc1ccc(NC2CCCC2)cn1. The lowest BCUT2D eigenvalue weighted by Crippen LogP contribution is -2.18. The second-order valence-electron chi connectivity index (χ2n) is 7.68. The van der Waals surface area contributed by atoms with Crippen LogP contribution in [0.2, 0.25) is 0 Å². The third kappa shape index (κ3) is 5.23. The van der Waals surface area contributed by atoms with Gasteiger partial charge in [-0.3, -0.25) is 4.79 Å². The van der Waals surface area contributed by atoms with Crippen molar-refractivity contribution < 1.29 is 4.79 Å². The van der Waals surface area contributed by atoms with Crippen LogP contribution in [0.25, 0.3) is 0 Å². The third-order valence-electron chi connectivity index (χ3n) is 5.55. The Bertz CT molecular complexity index is 864. The molecular weight excluding hydrogens is 358 g/mol.